The van der Waals surface area contributed by atoms with Crippen molar-refractivity contribution in [1.29, 1.82) is 0 Å². The summed E-state index contributed by atoms with van der Waals surface area (Å²) < 4.78 is 12.4. The monoisotopic (exact) mass is 488 g/mol. The molecular formula is C22H25BrN4O2S. The summed E-state index contributed by atoms with van der Waals surface area (Å²) in [5.41, 5.74) is 2.36. The molecule has 0 aliphatic carbocycles. The Hall–Kier alpha value is -1.58. The minimum absolute atomic E-state index is 0.413. The number of rotatable bonds is 6. The molecule has 0 bridgehead atoms. The third kappa shape index (κ3) is 4.24. The molecule has 0 saturated carbocycles. The first-order valence-corrected chi connectivity index (χ1v) is 12.1. The van der Waals surface area contributed by atoms with E-state index in [1.165, 1.54) is 11.1 Å². The van der Waals surface area contributed by atoms with Crippen LogP contribution in [-0.2, 0) is 9.47 Å². The first-order chi connectivity index (χ1) is 14.8. The number of anilines is 1. The van der Waals surface area contributed by atoms with Crippen molar-refractivity contribution < 1.29 is 9.47 Å². The van der Waals surface area contributed by atoms with Crippen LogP contribution in [0.4, 0.5) is 5.82 Å². The average Bonchev–Trinajstić information content (AvgIpc) is 3.46. The highest BCUT2D eigenvalue weighted by atomic mass is 79.9. The van der Waals surface area contributed by atoms with Gasteiger partial charge in [-0.15, -0.1) is 11.3 Å². The van der Waals surface area contributed by atoms with E-state index in [-0.39, 0.29) is 0 Å². The summed E-state index contributed by atoms with van der Waals surface area (Å²) in [5, 5.41) is 6.96. The van der Waals surface area contributed by atoms with Gasteiger partial charge in [0.15, 0.2) is 0 Å². The average molecular weight is 489 g/mol. The van der Waals surface area contributed by atoms with Crippen LogP contribution in [0, 0.1) is 5.92 Å². The molecule has 0 radical (unpaired) electrons. The van der Waals surface area contributed by atoms with Crippen molar-refractivity contribution in [3.8, 4) is 11.1 Å². The van der Waals surface area contributed by atoms with Crippen LogP contribution in [0.3, 0.4) is 0 Å². The zero-order valence-electron chi connectivity index (χ0n) is 16.7. The second-order valence-electron chi connectivity index (χ2n) is 7.78. The maximum absolute atomic E-state index is 5.71. The Bertz CT molecular complexity index is 984. The van der Waals surface area contributed by atoms with Gasteiger partial charge in [0, 0.05) is 53.6 Å². The van der Waals surface area contributed by atoms with Gasteiger partial charge in [-0.25, -0.2) is 9.97 Å². The highest BCUT2D eigenvalue weighted by Crippen LogP contribution is 2.37. The number of nitrogens with one attached hydrogen (secondary N) is 1. The highest BCUT2D eigenvalue weighted by Gasteiger charge is 2.31. The maximum atomic E-state index is 5.71. The minimum atomic E-state index is 0.413. The van der Waals surface area contributed by atoms with E-state index >= 15 is 0 Å². The van der Waals surface area contributed by atoms with Crippen LogP contribution in [0.2, 0.25) is 0 Å². The maximum Gasteiger partial charge on any atom is 0.138 e. The molecule has 2 fully saturated rings. The number of benzene rings is 1. The molecule has 2 saturated heterocycles. The first kappa shape index (κ1) is 20.3. The Morgan fingerprint density at radius 2 is 1.97 bits per heavy atom. The van der Waals surface area contributed by atoms with E-state index in [9.17, 15) is 0 Å². The van der Waals surface area contributed by atoms with Gasteiger partial charge in [0.2, 0.25) is 0 Å². The van der Waals surface area contributed by atoms with E-state index < -0.39 is 0 Å². The van der Waals surface area contributed by atoms with Crippen molar-refractivity contribution in [3.63, 3.8) is 0 Å². The molecule has 158 valence electrons. The number of ether oxygens (including phenoxy) is 2. The molecule has 30 heavy (non-hydrogen) atoms. The summed E-state index contributed by atoms with van der Waals surface area (Å²) >= 11 is 5.19. The van der Waals surface area contributed by atoms with Gasteiger partial charge in [-0.2, -0.15) is 0 Å². The van der Waals surface area contributed by atoms with Crippen LogP contribution in [0.1, 0.15) is 6.42 Å². The molecule has 8 heteroatoms. The van der Waals surface area contributed by atoms with Gasteiger partial charge in [-0.05, 0) is 24.1 Å². The molecule has 1 aromatic carbocycles. The lowest BCUT2D eigenvalue weighted by Gasteiger charge is -2.37. The summed E-state index contributed by atoms with van der Waals surface area (Å²) in [5.74, 6) is 1.46. The number of hydrogen-bond donors (Lipinski definition) is 1. The molecule has 5 rings (SSSR count). The second-order valence-corrected chi connectivity index (χ2v) is 9.55. The van der Waals surface area contributed by atoms with Crippen molar-refractivity contribution in [2.24, 2.45) is 5.92 Å². The third-order valence-corrected chi connectivity index (χ3v) is 7.44. The highest BCUT2D eigenvalue weighted by molar-refractivity contribution is 9.10. The normalized spacial score (nSPS) is 21.2. The number of fused-ring (bicyclic) bond motifs is 1. The molecule has 0 spiro atoms. The number of nitrogens with zero attached hydrogens (tertiary/aromatic N) is 3. The SMILES string of the molecule is Brc1ccc(-c2csc3ncnc(NC[C@H]([C@H]4CCOC4)N4CCOCC4)c23)cc1. The third-order valence-electron chi connectivity index (χ3n) is 6.03. The second kappa shape index (κ2) is 9.28. The van der Waals surface area contributed by atoms with E-state index in [0.717, 1.165) is 73.0 Å². The predicted octanol–water partition coefficient (Wildman–Crippen LogP) is 4.27. The first-order valence-electron chi connectivity index (χ1n) is 10.4. The molecular weight excluding hydrogens is 464 g/mol. The van der Waals surface area contributed by atoms with E-state index in [1.54, 1.807) is 17.7 Å². The summed E-state index contributed by atoms with van der Waals surface area (Å²) in [6, 6.07) is 8.83. The summed E-state index contributed by atoms with van der Waals surface area (Å²) in [6.45, 7) is 6.11. The Labute approximate surface area is 188 Å². The summed E-state index contributed by atoms with van der Waals surface area (Å²) in [6.07, 6.45) is 2.78. The molecule has 2 atom stereocenters. The van der Waals surface area contributed by atoms with Gasteiger partial charge in [-0.1, -0.05) is 28.1 Å². The van der Waals surface area contributed by atoms with Crippen molar-refractivity contribution in [2.45, 2.75) is 12.5 Å². The molecule has 2 aliphatic heterocycles. The summed E-state index contributed by atoms with van der Waals surface area (Å²) in [4.78, 5) is 12.7. The van der Waals surface area contributed by atoms with Crippen LogP contribution >= 0.6 is 27.3 Å². The standard InChI is InChI=1S/C22H25BrN4O2S/c23-17-3-1-15(2-4-17)18-13-30-22-20(18)21(25-14-26-22)24-11-19(16-5-8-29-12-16)27-6-9-28-10-7-27/h1-4,13-14,16,19H,5-12H2,(H,24,25,26)/t16-,19+/m0/s1. The fourth-order valence-corrected chi connectivity index (χ4v) is 5.59. The van der Waals surface area contributed by atoms with Crippen LogP contribution < -0.4 is 5.32 Å². The number of aromatic nitrogens is 2. The summed E-state index contributed by atoms with van der Waals surface area (Å²) in [7, 11) is 0. The lowest BCUT2D eigenvalue weighted by atomic mass is 9.96. The molecule has 2 aliphatic rings. The molecule has 0 unspecified atom stereocenters. The van der Waals surface area contributed by atoms with Gasteiger partial charge >= 0.3 is 0 Å². The Morgan fingerprint density at radius 3 is 2.73 bits per heavy atom. The van der Waals surface area contributed by atoms with Crippen LogP contribution in [0.5, 0.6) is 0 Å². The van der Waals surface area contributed by atoms with Crippen molar-refractivity contribution in [2.75, 3.05) is 51.4 Å². The topological polar surface area (TPSA) is 59.5 Å². The van der Waals surface area contributed by atoms with Gasteiger partial charge < -0.3 is 14.8 Å². The molecule has 2 aromatic heterocycles. The number of morpholine rings is 1. The molecule has 3 aromatic rings. The zero-order valence-corrected chi connectivity index (χ0v) is 19.1. The number of hydrogen-bond acceptors (Lipinski definition) is 7. The Morgan fingerprint density at radius 1 is 1.13 bits per heavy atom. The van der Waals surface area contributed by atoms with Gasteiger partial charge in [0.25, 0.3) is 0 Å². The van der Waals surface area contributed by atoms with Crippen molar-refractivity contribution in [3.05, 3.63) is 40.4 Å². The van der Waals surface area contributed by atoms with Gasteiger partial charge in [0.05, 0.1) is 25.2 Å². The molecule has 6 nitrogen and oxygen atoms in total. The van der Waals surface area contributed by atoms with E-state index in [2.05, 4.69) is 65.8 Å². The fraction of sp³-hybridized carbons (Fsp3) is 0.455. The van der Waals surface area contributed by atoms with Crippen molar-refractivity contribution in [1.82, 2.24) is 14.9 Å². The van der Waals surface area contributed by atoms with Crippen LogP contribution in [0.25, 0.3) is 21.3 Å². The van der Waals surface area contributed by atoms with Crippen LogP contribution in [0.15, 0.2) is 40.4 Å². The largest absolute Gasteiger partial charge is 0.381 e. The lowest BCUT2D eigenvalue weighted by molar-refractivity contribution is 0.00460. The quantitative estimate of drug-likeness (QED) is 0.558. The lowest BCUT2D eigenvalue weighted by Crippen LogP contribution is -2.50. The van der Waals surface area contributed by atoms with Crippen molar-refractivity contribution >= 4 is 43.3 Å². The smallest absolute Gasteiger partial charge is 0.138 e. The zero-order chi connectivity index (χ0) is 20.3. The van der Waals surface area contributed by atoms with Gasteiger partial charge in [-0.3, -0.25) is 4.90 Å². The molecule has 4 heterocycles. The molecule has 1 N–H and O–H groups in total. The van der Waals surface area contributed by atoms with Gasteiger partial charge in [0.1, 0.15) is 17.0 Å². The predicted molar refractivity (Wildman–Crippen MR) is 124 cm³/mol. The van der Waals surface area contributed by atoms with E-state index in [0.29, 0.717) is 12.0 Å². The number of halogens is 1. The minimum Gasteiger partial charge on any atom is -0.381 e. The number of thiophene rings is 1. The fourth-order valence-electron chi connectivity index (χ4n) is 4.41. The van der Waals surface area contributed by atoms with E-state index in [4.69, 9.17) is 9.47 Å². The Kier molecular flexibility index (Phi) is 6.29. The Balaban J connectivity index is 1.42. The molecule has 0 amide bonds. The van der Waals surface area contributed by atoms with Crippen LogP contribution in [-0.4, -0.2) is 67.0 Å². The van der Waals surface area contributed by atoms with E-state index in [1.807, 2.05) is 0 Å².